The quantitative estimate of drug-likeness (QED) is 0.525. The van der Waals surface area contributed by atoms with E-state index in [1.807, 2.05) is 31.2 Å². The van der Waals surface area contributed by atoms with Gasteiger partial charge in [-0.15, -0.1) is 0 Å². The van der Waals surface area contributed by atoms with Gasteiger partial charge in [-0.05, 0) is 50.2 Å². The lowest BCUT2D eigenvalue weighted by atomic mass is 9.87. The van der Waals surface area contributed by atoms with E-state index < -0.39 is 0 Å². The zero-order valence-electron chi connectivity index (χ0n) is 21.3. The molecule has 6 rings (SSSR count). The zero-order valence-corrected chi connectivity index (χ0v) is 21.3. The molecule has 3 heterocycles. The summed E-state index contributed by atoms with van der Waals surface area (Å²) in [6.07, 6.45) is -0.138. The molecule has 7 nitrogen and oxygen atoms in total. The number of aryl methyl sites for hydroxylation is 1. The predicted octanol–water partition coefficient (Wildman–Crippen LogP) is 4.89. The van der Waals surface area contributed by atoms with Crippen molar-refractivity contribution in [2.45, 2.75) is 20.0 Å². The Hall–Kier alpha value is -3.68. The summed E-state index contributed by atoms with van der Waals surface area (Å²) in [6, 6.07) is 18.4. The SMILES string of the molecule is CC1Oc2cc(O)ccc2C2=C1c1ccc(O)cc1OC2.Cc1ccc(OCCN2CCOCC2)cc1. The third-order valence-corrected chi connectivity index (χ3v) is 6.75. The van der Waals surface area contributed by atoms with Crippen molar-refractivity contribution >= 4 is 11.1 Å². The smallest absolute Gasteiger partial charge is 0.131 e. The van der Waals surface area contributed by atoms with Gasteiger partial charge in [-0.25, -0.2) is 0 Å². The van der Waals surface area contributed by atoms with Crippen molar-refractivity contribution in [1.82, 2.24) is 4.90 Å². The molecule has 3 aliphatic rings. The van der Waals surface area contributed by atoms with Crippen LogP contribution in [0, 0.1) is 6.92 Å². The minimum Gasteiger partial charge on any atom is -0.508 e. The summed E-state index contributed by atoms with van der Waals surface area (Å²) in [6.45, 7) is 9.98. The maximum absolute atomic E-state index is 9.60. The summed E-state index contributed by atoms with van der Waals surface area (Å²) in [7, 11) is 0. The monoisotopic (exact) mass is 503 g/mol. The molecule has 194 valence electrons. The number of benzene rings is 3. The first-order chi connectivity index (χ1) is 18.0. The molecule has 2 N–H and O–H groups in total. The molecule has 0 bridgehead atoms. The molecule has 0 saturated carbocycles. The highest BCUT2D eigenvalue weighted by atomic mass is 16.5. The number of phenols is 2. The van der Waals surface area contributed by atoms with Gasteiger partial charge in [0.05, 0.1) is 13.2 Å². The summed E-state index contributed by atoms with van der Waals surface area (Å²) >= 11 is 0. The molecule has 1 saturated heterocycles. The number of aromatic hydroxyl groups is 2. The van der Waals surface area contributed by atoms with Crippen LogP contribution in [0.1, 0.15) is 23.6 Å². The van der Waals surface area contributed by atoms with Gasteiger partial charge in [0.1, 0.15) is 48.1 Å². The maximum Gasteiger partial charge on any atom is 0.131 e. The molecular weight excluding hydrogens is 470 g/mol. The Morgan fingerprint density at radius 3 is 2.30 bits per heavy atom. The number of phenolic OH excluding ortho intramolecular Hbond substituents is 2. The number of ether oxygens (including phenoxy) is 4. The van der Waals surface area contributed by atoms with E-state index in [9.17, 15) is 10.2 Å². The first kappa shape index (κ1) is 25.0. The van der Waals surface area contributed by atoms with Crippen molar-refractivity contribution in [2.24, 2.45) is 0 Å². The molecule has 0 amide bonds. The fourth-order valence-corrected chi connectivity index (χ4v) is 4.79. The predicted molar refractivity (Wildman–Crippen MR) is 143 cm³/mol. The molecule has 7 heteroatoms. The molecule has 3 aliphatic heterocycles. The highest BCUT2D eigenvalue weighted by molar-refractivity contribution is 5.99. The Morgan fingerprint density at radius 1 is 0.892 bits per heavy atom. The van der Waals surface area contributed by atoms with Crippen molar-refractivity contribution in [2.75, 3.05) is 46.1 Å². The van der Waals surface area contributed by atoms with E-state index in [2.05, 4.69) is 24.0 Å². The normalized spacial score (nSPS) is 18.3. The third-order valence-electron chi connectivity index (χ3n) is 6.75. The molecule has 1 fully saturated rings. The van der Waals surface area contributed by atoms with Gasteiger partial charge in [0, 0.05) is 54.0 Å². The Morgan fingerprint density at radius 2 is 1.57 bits per heavy atom. The van der Waals surface area contributed by atoms with E-state index >= 15 is 0 Å². The van der Waals surface area contributed by atoms with Gasteiger partial charge < -0.3 is 29.2 Å². The van der Waals surface area contributed by atoms with Crippen molar-refractivity contribution in [3.63, 3.8) is 0 Å². The lowest BCUT2D eigenvalue weighted by Gasteiger charge is -2.33. The van der Waals surface area contributed by atoms with E-state index in [-0.39, 0.29) is 17.6 Å². The van der Waals surface area contributed by atoms with Crippen LogP contribution in [-0.2, 0) is 4.74 Å². The fraction of sp³-hybridized carbons (Fsp3) is 0.333. The number of fused-ring (bicyclic) bond motifs is 4. The molecular formula is C30H33NO6. The average molecular weight is 504 g/mol. The molecule has 0 aromatic heterocycles. The van der Waals surface area contributed by atoms with Crippen LogP contribution in [0.15, 0.2) is 60.7 Å². The number of morpholine rings is 1. The molecule has 0 aliphatic carbocycles. The van der Waals surface area contributed by atoms with Crippen molar-refractivity contribution in [1.29, 1.82) is 0 Å². The summed E-state index contributed by atoms with van der Waals surface area (Å²) in [4.78, 5) is 2.37. The fourth-order valence-electron chi connectivity index (χ4n) is 4.79. The van der Waals surface area contributed by atoms with Gasteiger partial charge in [0.25, 0.3) is 0 Å². The molecule has 1 atom stereocenters. The molecule has 1 unspecified atom stereocenters. The van der Waals surface area contributed by atoms with Gasteiger partial charge in [-0.3, -0.25) is 4.90 Å². The van der Waals surface area contributed by atoms with Gasteiger partial charge in [-0.2, -0.15) is 0 Å². The van der Waals surface area contributed by atoms with Crippen molar-refractivity contribution in [3.05, 3.63) is 77.4 Å². The van der Waals surface area contributed by atoms with Crippen LogP contribution < -0.4 is 14.2 Å². The summed E-state index contributed by atoms with van der Waals surface area (Å²) in [5.74, 6) is 2.68. The maximum atomic E-state index is 9.60. The second kappa shape index (κ2) is 11.2. The van der Waals surface area contributed by atoms with Crippen LogP contribution in [0.5, 0.6) is 28.7 Å². The standard InChI is InChI=1S/C17H14O4.C13H19NO2/c1-9-17-13-5-3-10(18)6-15(13)20-8-14(17)12-4-2-11(19)7-16(12)21-9;1-12-2-4-13(5-3-12)16-11-8-14-6-9-15-10-7-14/h2-7,9,18-19H,8H2,1H3;2-5H,6-11H2,1H3. The van der Waals surface area contributed by atoms with Crippen LogP contribution >= 0.6 is 0 Å². The lowest BCUT2D eigenvalue weighted by molar-refractivity contribution is 0.0322. The first-order valence-corrected chi connectivity index (χ1v) is 12.7. The lowest BCUT2D eigenvalue weighted by Crippen LogP contribution is -2.38. The van der Waals surface area contributed by atoms with E-state index in [1.54, 1.807) is 24.3 Å². The molecule has 0 spiro atoms. The van der Waals surface area contributed by atoms with Gasteiger partial charge in [0.2, 0.25) is 0 Å². The average Bonchev–Trinajstić information content (AvgIpc) is 2.90. The van der Waals surface area contributed by atoms with Crippen LogP contribution in [0.2, 0.25) is 0 Å². The number of hydrogen-bond donors (Lipinski definition) is 2. The van der Waals surface area contributed by atoms with Crippen LogP contribution in [0.25, 0.3) is 11.1 Å². The molecule has 3 aromatic carbocycles. The number of nitrogens with zero attached hydrogens (tertiary/aromatic N) is 1. The minimum atomic E-state index is -0.138. The second-order valence-electron chi connectivity index (χ2n) is 9.42. The number of rotatable bonds is 4. The highest BCUT2D eigenvalue weighted by Gasteiger charge is 2.32. The largest absolute Gasteiger partial charge is 0.508 e. The van der Waals surface area contributed by atoms with Gasteiger partial charge in [0.15, 0.2) is 0 Å². The number of hydrogen-bond acceptors (Lipinski definition) is 7. The van der Waals surface area contributed by atoms with Crippen LogP contribution in [0.4, 0.5) is 0 Å². The van der Waals surface area contributed by atoms with Gasteiger partial charge in [-0.1, -0.05) is 17.7 Å². The van der Waals surface area contributed by atoms with Crippen molar-refractivity contribution in [3.8, 4) is 28.7 Å². The Bertz CT molecular complexity index is 1260. The van der Waals surface area contributed by atoms with Gasteiger partial charge >= 0.3 is 0 Å². The summed E-state index contributed by atoms with van der Waals surface area (Å²) in [5, 5.41) is 19.2. The van der Waals surface area contributed by atoms with E-state index in [1.165, 1.54) is 5.56 Å². The van der Waals surface area contributed by atoms with E-state index in [4.69, 9.17) is 18.9 Å². The Balaban J connectivity index is 0.000000158. The summed E-state index contributed by atoms with van der Waals surface area (Å²) in [5.41, 5.74) is 5.30. The molecule has 37 heavy (non-hydrogen) atoms. The topological polar surface area (TPSA) is 80.6 Å². The summed E-state index contributed by atoms with van der Waals surface area (Å²) < 4.78 is 22.7. The third kappa shape index (κ3) is 5.84. The second-order valence-corrected chi connectivity index (χ2v) is 9.42. The Labute approximate surface area is 217 Å². The van der Waals surface area contributed by atoms with E-state index in [0.717, 1.165) is 67.5 Å². The Kier molecular flexibility index (Phi) is 7.53. The first-order valence-electron chi connectivity index (χ1n) is 12.7. The van der Waals surface area contributed by atoms with Crippen LogP contribution in [0.3, 0.4) is 0 Å². The molecule has 0 radical (unpaired) electrons. The minimum absolute atomic E-state index is 0.138. The zero-order chi connectivity index (χ0) is 25.8. The van der Waals surface area contributed by atoms with E-state index in [0.29, 0.717) is 18.1 Å². The van der Waals surface area contributed by atoms with Crippen LogP contribution in [-0.4, -0.2) is 67.3 Å². The van der Waals surface area contributed by atoms with Crippen molar-refractivity contribution < 1.29 is 29.2 Å². The highest BCUT2D eigenvalue weighted by Crippen LogP contribution is 2.47. The molecule has 3 aromatic rings.